The number of benzene rings is 1. The predicted molar refractivity (Wildman–Crippen MR) is 132 cm³/mol. The van der Waals surface area contributed by atoms with Crippen LogP contribution >= 0.6 is 0 Å². The summed E-state index contributed by atoms with van der Waals surface area (Å²) in [6.07, 6.45) is 1.91. The molecule has 2 bridgehead atoms. The van der Waals surface area contributed by atoms with Crippen molar-refractivity contribution >= 4 is 5.78 Å². The third-order valence-corrected chi connectivity index (χ3v) is 9.79. The van der Waals surface area contributed by atoms with Crippen molar-refractivity contribution in [2.75, 3.05) is 0 Å². The van der Waals surface area contributed by atoms with E-state index in [4.69, 9.17) is 18.9 Å². The van der Waals surface area contributed by atoms with Crippen molar-refractivity contribution in [2.24, 2.45) is 16.7 Å². The average molecular weight is 479 g/mol. The van der Waals surface area contributed by atoms with Crippen molar-refractivity contribution in [3.8, 4) is 0 Å². The van der Waals surface area contributed by atoms with Crippen LogP contribution in [0, 0.1) is 16.7 Å². The Morgan fingerprint density at radius 3 is 2.40 bits per heavy atom. The van der Waals surface area contributed by atoms with Gasteiger partial charge in [0, 0.05) is 28.7 Å². The number of hydrogen-bond donors (Lipinski definition) is 0. The molecule has 5 nitrogen and oxygen atoms in total. The van der Waals surface area contributed by atoms with E-state index in [2.05, 4.69) is 27.4 Å². The van der Waals surface area contributed by atoms with E-state index in [1.54, 1.807) is 0 Å². The van der Waals surface area contributed by atoms with Gasteiger partial charge in [-0.15, -0.1) is 0 Å². The number of carbonyl (C=O) groups excluding carboxylic acids is 1. The number of ketones is 1. The molecule has 1 spiro atoms. The summed E-state index contributed by atoms with van der Waals surface area (Å²) >= 11 is 0. The van der Waals surface area contributed by atoms with Gasteiger partial charge in [0.05, 0.1) is 12.2 Å². The maximum atomic E-state index is 13.7. The van der Waals surface area contributed by atoms with Crippen molar-refractivity contribution in [1.82, 2.24) is 0 Å². The van der Waals surface area contributed by atoms with Crippen LogP contribution in [0.1, 0.15) is 79.1 Å². The third kappa shape index (κ3) is 3.05. The Bertz CT molecular complexity index is 1120. The molecule has 0 N–H and O–H groups in total. The van der Waals surface area contributed by atoms with Crippen molar-refractivity contribution < 1.29 is 23.7 Å². The molecule has 188 valence electrons. The van der Waals surface area contributed by atoms with Crippen LogP contribution in [0.2, 0.25) is 0 Å². The monoisotopic (exact) mass is 478 g/mol. The summed E-state index contributed by atoms with van der Waals surface area (Å²) in [6, 6.07) is 10.1. The minimum Gasteiger partial charge on any atom is -0.344 e. The number of carbonyl (C=O) groups is 1. The quantitative estimate of drug-likeness (QED) is 0.460. The molecular formula is C30H38O5. The molecule has 1 unspecified atom stereocenters. The zero-order valence-electron chi connectivity index (χ0n) is 21.9. The largest absolute Gasteiger partial charge is 0.344 e. The molecule has 0 amide bonds. The van der Waals surface area contributed by atoms with Crippen molar-refractivity contribution in [1.29, 1.82) is 0 Å². The first-order valence-electron chi connectivity index (χ1n) is 13.1. The first-order chi connectivity index (χ1) is 16.4. The van der Waals surface area contributed by atoms with Crippen LogP contribution in [0.5, 0.6) is 0 Å². The molecule has 1 aromatic rings. The first kappa shape index (κ1) is 23.6. The molecule has 7 atom stereocenters. The smallest absolute Gasteiger partial charge is 0.185 e. The van der Waals surface area contributed by atoms with Crippen molar-refractivity contribution in [2.45, 2.75) is 103 Å². The van der Waals surface area contributed by atoms with Gasteiger partial charge in [0.25, 0.3) is 0 Å². The second-order valence-electron chi connectivity index (χ2n) is 12.5. The minimum atomic E-state index is -0.827. The lowest BCUT2D eigenvalue weighted by Gasteiger charge is -2.60. The maximum Gasteiger partial charge on any atom is 0.185 e. The van der Waals surface area contributed by atoms with E-state index in [0.29, 0.717) is 6.42 Å². The highest BCUT2D eigenvalue weighted by Gasteiger charge is 2.72. The second kappa shape index (κ2) is 7.38. The van der Waals surface area contributed by atoms with Crippen LogP contribution in [-0.4, -0.2) is 35.5 Å². The van der Waals surface area contributed by atoms with Crippen LogP contribution in [0.3, 0.4) is 0 Å². The molecular weight excluding hydrogens is 440 g/mol. The molecule has 0 aromatic heterocycles. The third-order valence-electron chi connectivity index (χ3n) is 9.79. The molecule has 35 heavy (non-hydrogen) atoms. The Hall–Kier alpha value is -1.79. The standard InChI is InChI=1S/C30H38O5/c1-17-12-11-15-29(7)21(17)24-30(35-26(32-24)19-13-9-8-10-14-19)16-20(31)18(2)22(27(30,3)4)23-25(29)34-28(5,6)33-23/h8-10,13-14,21,23-26H,1,11-12,15-16H2,2-7H3/t21-,23+,24-,25-,26?,29+,30+/m0/s1. The molecule has 1 aromatic carbocycles. The zero-order chi connectivity index (χ0) is 25.0. The second-order valence-corrected chi connectivity index (χ2v) is 12.5. The Labute approximate surface area is 208 Å². The van der Waals surface area contributed by atoms with Gasteiger partial charge in [-0.2, -0.15) is 0 Å². The SMILES string of the molecule is C=C1CCC[C@@]2(C)[C@H]3OC(C)(C)O[C@@H]3C3=C(C)C(=O)C[C@]4(OC(c5ccccc5)O[C@H]4[C@H]12)C3(C)C. The molecule has 2 saturated heterocycles. The van der Waals surface area contributed by atoms with E-state index in [0.717, 1.165) is 36.0 Å². The predicted octanol–water partition coefficient (Wildman–Crippen LogP) is 6.05. The highest BCUT2D eigenvalue weighted by molar-refractivity contribution is 5.98. The van der Waals surface area contributed by atoms with Gasteiger partial charge in [0.1, 0.15) is 11.7 Å². The molecule has 6 rings (SSSR count). The van der Waals surface area contributed by atoms with Crippen LogP contribution in [0.15, 0.2) is 53.6 Å². The van der Waals surface area contributed by atoms with Crippen LogP contribution < -0.4 is 0 Å². The molecule has 3 aliphatic carbocycles. The van der Waals surface area contributed by atoms with E-state index in [-0.39, 0.29) is 35.4 Å². The maximum absolute atomic E-state index is 13.7. The van der Waals surface area contributed by atoms with Gasteiger partial charge in [0.2, 0.25) is 0 Å². The molecule has 2 aliphatic heterocycles. The van der Waals surface area contributed by atoms with Gasteiger partial charge in [0.15, 0.2) is 17.9 Å². The lowest BCUT2D eigenvalue weighted by Crippen LogP contribution is -2.67. The summed E-state index contributed by atoms with van der Waals surface area (Å²) in [5, 5.41) is 0. The van der Waals surface area contributed by atoms with E-state index in [9.17, 15) is 4.79 Å². The Morgan fingerprint density at radius 2 is 1.69 bits per heavy atom. The lowest BCUT2D eigenvalue weighted by atomic mass is 9.48. The van der Waals surface area contributed by atoms with E-state index in [1.165, 1.54) is 5.57 Å². The summed E-state index contributed by atoms with van der Waals surface area (Å²) in [5.41, 5.74) is 2.35. The Kier molecular flexibility index (Phi) is 4.97. The zero-order valence-corrected chi connectivity index (χ0v) is 21.9. The Morgan fingerprint density at radius 1 is 0.971 bits per heavy atom. The van der Waals surface area contributed by atoms with Crippen molar-refractivity contribution in [3.63, 3.8) is 0 Å². The topological polar surface area (TPSA) is 54.0 Å². The molecule has 2 saturated carbocycles. The highest BCUT2D eigenvalue weighted by Crippen LogP contribution is 2.67. The van der Waals surface area contributed by atoms with Gasteiger partial charge in [-0.1, -0.05) is 63.3 Å². The summed E-state index contributed by atoms with van der Waals surface area (Å²) in [7, 11) is 0. The fourth-order valence-electron chi connectivity index (χ4n) is 8.09. The van der Waals surface area contributed by atoms with Gasteiger partial charge in [-0.25, -0.2) is 0 Å². The van der Waals surface area contributed by atoms with E-state index >= 15 is 0 Å². The summed E-state index contributed by atoms with van der Waals surface area (Å²) in [6.45, 7) is 17.2. The van der Waals surface area contributed by atoms with Crippen LogP contribution in [0.25, 0.3) is 0 Å². The summed E-state index contributed by atoms with van der Waals surface area (Å²) < 4.78 is 27.3. The van der Waals surface area contributed by atoms with E-state index < -0.39 is 23.1 Å². The average Bonchev–Trinajstić information content (AvgIpc) is 3.31. The fraction of sp³-hybridized carbons (Fsp3) is 0.633. The van der Waals surface area contributed by atoms with Crippen LogP contribution in [0.4, 0.5) is 0 Å². The highest BCUT2D eigenvalue weighted by atomic mass is 16.8. The number of allylic oxidation sites excluding steroid dienone is 1. The summed E-state index contributed by atoms with van der Waals surface area (Å²) in [5.74, 6) is -0.646. The molecule has 2 heterocycles. The minimum absolute atomic E-state index is 0.0120. The number of hydrogen-bond acceptors (Lipinski definition) is 5. The number of fused-ring (bicyclic) bond motifs is 6. The summed E-state index contributed by atoms with van der Waals surface area (Å²) in [4.78, 5) is 13.7. The molecule has 0 radical (unpaired) electrons. The van der Waals surface area contributed by atoms with Gasteiger partial charge >= 0.3 is 0 Å². The molecule has 5 heteroatoms. The molecule has 5 aliphatic rings. The van der Waals surface area contributed by atoms with Gasteiger partial charge in [-0.3, -0.25) is 4.79 Å². The van der Waals surface area contributed by atoms with Crippen LogP contribution in [-0.2, 0) is 23.7 Å². The number of ether oxygens (including phenoxy) is 4. The lowest BCUT2D eigenvalue weighted by molar-refractivity contribution is -0.170. The van der Waals surface area contributed by atoms with Crippen molar-refractivity contribution in [3.05, 3.63) is 59.2 Å². The van der Waals surface area contributed by atoms with Gasteiger partial charge < -0.3 is 18.9 Å². The normalized spacial score (nSPS) is 43.8. The van der Waals surface area contributed by atoms with E-state index in [1.807, 2.05) is 51.1 Å². The van der Waals surface area contributed by atoms with Gasteiger partial charge in [-0.05, 0) is 51.2 Å². The number of rotatable bonds is 1. The Balaban J connectivity index is 1.62. The fourth-order valence-corrected chi connectivity index (χ4v) is 8.09. The molecule has 4 fully saturated rings. The first-order valence-corrected chi connectivity index (χ1v) is 13.1. The number of Topliss-reactive ketones (excluding diaryl/α,β-unsaturated/α-hetero) is 1.